The predicted molar refractivity (Wildman–Crippen MR) is 54.2 cm³/mol. The summed E-state index contributed by atoms with van der Waals surface area (Å²) in [6.07, 6.45) is 0. The third-order valence-corrected chi connectivity index (χ3v) is 2.28. The van der Waals surface area contributed by atoms with E-state index in [2.05, 4.69) is 5.32 Å². The van der Waals surface area contributed by atoms with Gasteiger partial charge in [0.2, 0.25) is 0 Å². The molecule has 0 bridgehead atoms. The summed E-state index contributed by atoms with van der Waals surface area (Å²) >= 11 is 5.96. The van der Waals surface area contributed by atoms with Crippen LogP contribution in [-0.4, -0.2) is 12.5 Å². The van der Waals surface area contributed by atoms with Crippen molar-refractivity contribution in [2.75, 3.05) is 6.54 Å². The van der Waals surface area contributed by atoms with Crippen molar-refractivity contribution >= 4 is 17.5 Å². The summed E-state index contributed by atoms with van der Waals surface area (Å²) < 4.78 is 0. The number of aryl methyl sites for hydroxylation is 1. The molecule has 0 unspecified atom stereocenters. The Kier molecular flexibility index (Phi) is 3.32. The number of nitrogens with one attached hydrogen (secondary N) is 1. The van der Waals surface area contributed by atoms with E-state index < -0.39 is 0 Å². The molecule has 0 radical (unpaired) electrons. The molecule has 13 heavy (non-hydrogen) atoms. The molecular formula is C10H12ClNO. The number of rotatable bonds is 2. The van der Waals surface area contributed by atoms with Crippen LogP contribution in [0, 0.1) is 6.92 Å². The minimum absolute atomic E-state index is 0.115. The average molecular weight is 198 g/mol. The van der Waals surface area contributed by atoms with E-state index in [0.29, 0.717) is 17.1 Å². The van der Waals surface area contributed by atoms with E-state index in [1.807, 2.05) is 26.0 Å². The molecule has 70 valence electrons. The Morgan fingerprint density at radius 3 is 2.85 bits per heavy atom. The van der Waals surface area contributed by atoms with Crippen LogP contribution in [0.3, 0.4) is 0 Å². The molecule has 1 rings (SSSR count). The lowest BCUT2D eigenvalue weighted by Crippen LogP contribution is -2.23. The van der Waals surface area contributed by atoms with Crippen molar-refractivity contribution in [1.82, 2.24) is 5.32 Å². The molecule has 3 heteroatoms. The lowest BCUT2D eigenvalue weighted by atomic mass is 10.1. The molecule has 0 saturated heterocycles. The molecule has 2 nitrogen and oxygen atoms in total. The number of benzene rings is 1. The fourth-order valence-electron chi connectivity index (χ4n) is 1.08. The Balaban J connectivity index is 3.01. The van der Waals surface area contributed by atoms with Gasteiger partial charge in [-0.15, -0.1) is 0 Å². The average Bonchev–Trinajstić information content (AvgIpc) is 2.10. The fourth-order valence-corrected chi connectivity index (χ4v) is 1.29. The second kappa shape index (κ2) is 4.28. The van der Waals surface area contributed by atoms with Crippen molar-refractivity contribution in [3.8, 4) is 0 Å². The zero-order valence-electron chi connectivity index (χ0n) is 7.73. The molecule has 1 amide bonds. The van der Waals surface area contributed by atoms with Crippen molar-refractivity contribution in [1.29, 1.82) is 0 Å². The smallest absolute Gasteiger partial charge is 0.252 e. The predicted octanol–water partition coefficient (Wildman–Crippen LogP) is 2.40. The highest BCUT2D eigenvalue weighted by atomic mass is 35.5. The van der Waals surface area contributed by atoms with Crippen LogP contribution in [0.2, 0.25) is 5.02 Å². The van der Waals surface area contributed by atoms with Gasteiger partial charge in [0.15, 0.2) is 0 Å². The topological polar surface area (TPSA) is 29.1 Å². The molecule has 0 aliphatic carbocycles. The van der Waals surface area contributed by atoms with Gasteiger partial charge < -0.3 is 5.32 Å². The van der Waals surface area contributed by atoms with Gasteiger partial charge in [0.05, 0.1) is 10.6 Å². The normalized spacial score (nSPS) is 9.77. The van der Waals surface area contributed by atoms with Crippen molar-refractivity contribution < 1.29 is 4.79 Å². The molecule has 0 atom stereocenters. The molecule has 1 aromatic carbocycles. The standard InChI is InChI=1S/C10H12ClNO/c1-3-12-10(13)8-6-4-5-7(2)9(8)11/h4-6H,3H2,1-2H3,(H,12,13). The van der Waals surface area contributed by atoms with Gasteiger partial charge in [0.25, 0.3) is 5.91 Å². The van der Waals surface area contributed by atoms with Crippen LogP contribution in [0.4, 0.5) is 0 Å². The first-order valence-corrected chi connectivity index (χ1v) is 4.58. The Labute approximate surface area is 82.9 Å². The molecule has 0 aliphatic heterocycles. The first-order chi connectivity index (χ1) is 6.16. The number of amides is 1. The Hall–Kier alpha value is -1.02. The van der Waals surface area contributed by atoms with E-state index >= 15 is 0 Å². The maximum Gasteiger partial charge on any atom is 0.252 e. The van der Waals surface area contributed by atoms with Gasteiger partial charge in [0, 0.05) is 6.54 Å². The molecule has 1 aromatic rings. The molecule has 0 fully saturated rings. The van der Waals surface area contributed by atoms with Gasteiger partial charge in [-0.1, -0.05) is 23.7 Å². The highest BCUT2D eigenvalue weighted by molar-refractivity contribution is 6.34. The second-order valence-corrected chi connectivity index (χ2v) is 3.17. The van der Waals surface area contributed by atoms with Gasteiger partial charge in [-0.3, -0.25) is 4.79 Å². The number of carbonyl (C=O) groups excluding carboxylic acids is 1. The van der Waals surface area contributed by atoms with E-state index in [-0.39, 0.29) is 5.91 Å². The van der Waals surface area contributed by atoms with Gasteiger partial charge in [-0.25, -0.2) is 0 Å². The lowest BCUT2D eigenvalue weighted by Gasteiger charge is -2.05. The van der Waals surface area contributed by atoms with Crippen molar-refractivity contribution in [3.05, 3.63) is 34.3 Å². The highest BCUT2D eigenvalue weighted by Gasteiger charge is 2.09. The molecule has 0 aromatic heterocycles. The zero-order chi connectivity index (χ0) is 9.84. The summed E-state index contributed by atoms with van der Waals surface area (Å²) in [7, 11) is 0. The largest absolute Gasteiger partial charge is 0.352 e. The maximum atomic E-state index is 11.4. The summed E-state index contributed by atoms with van der Waals surface area (Å²) in [5.41, 5.74) is 1.47. The van der Waals surface area contributed by atoms with E-state index in [0.717, 1.165) is 5.56 Å². The van der Waals surface area contributed by atoms with Gasteiger partial charge in [-0.2, -0.15) is 0 Å². The maximum absolute atomic E-state index is 11.4. The van der Waals surface area contributed by atoms with E-state index in [1.165, 1.54) is 0 Å². The Bertz CT molecular complexity index is 323. The molecule has 1 N–H and O–H groups in total. The van der Waals surface area contributed by atoms with Gasteiger partial charge >= 0.3 is 0 Å². The third-order valence-electron chi connectivity index (χ3n) is 1.77. The summed E-state index contributed by atoms with van der Waals surface area (Å²) in [4.78, 5) is 11.4. The number of carbonyl (C=O) groups is 1. The SMILES string of the molecule is CCNC(=O)c1cccc(C)c1Cl. The van der Waals surface area contributed by atoms with Crippen molar-refractivity contribution in [3.63, 3.8) is 0 Å². The lowest BCUT2D eigenvalue weighted by molar-refractivity contribution is 0.0956. The van der Waals surface area contributed by atoms with E-state index in [9.17, 15) is 4.79 Å². The van der Waals surface area contributed by atoms with Gasteiger partial charge in [-0.05, 0) is 25.5 Å². The molecule has 0 spiro atoms. The van der Waals surface area contributed by atoms with E-state index in [4.69, 9.17) is 11.6 Å². The van der Waals surface area contributed by atoms with Crippen molar-refractivity contribution in [2.45, 2.75) is 13.8 Å². The van der Waals surface area contributed by atoms with Crippen LogP contribution < -0.4 is 5.32 Å². The van der Waals surface area contributed by atoms with Crippen LogP contribution >= 0.6 is 11.6 Å². The number of hydrogen-bond acceptors (Lipinski definition) is 1. The van der Waals surface area contributed by atoms with Crippen LogP contribution in [0.25, 0.3) is 0 Å². The quantitative estimate of drug-likeness (QED) is 0.775. The molecular weight excluding hydrogens is 186 g/mol. The van der Waals surface area contributed by atoms with Crippen LogP contribution in [0.5, 0.6) is 0 Å². The monoisotopic (exact) mass is 197 g/mol. The Morgan fingerprint density at radius 2 is 2.23 bits per heavy atom. The molecule has 0 saturated carbocycles. The summed E-state index contributed by atoms with van der Waals surface area (Å²) in [5.74, 6) is -0.115. The fraction of sp³-hybridized carbons (Fsp3) is 0.300. The first kappa shape index (κ1) is 10.1. The Morgan fingerprint density at radius 1 is 1.54 bits per heavy atom. The minimum atomic E-state index is -0.115. The number of hydrogen-bond donors (Lipinski definition) is 1. The van der Waals surface area contributed by atoms with Crippen LogP contribution in [0.1, 0.15) is 22.8 Å². The summed E-state index contributed by atoms with van der Waals surface area (Å²) in [6, 6.07) is 5.43. The first-order valence-electron chi connectivity index (χ1n) is 4.20. The molecule has 0 aliphatic rings. The summed E-state index contributed by atoms with van der Waals surface area (Å²) in [6.45, 7) is 4.37. The molecule has 0 heterocycles. The van der Waals surface area contributed by atoms with Crippen molar-refractivity contribution in [2.24, 2.45) is 0 Å². The minimum Gasteiger partial charge on any atom is -0.352 e. The van der Waals surface area contributed by atoms with Gasteiger partial charge in [0.1, 0.15) is 0 Å². The third kappa shape index (κ3) is 2.22. The second-order valence-electron chi connectivity index (χ2n) is 2.80. The zero-order valence-corrected chi connectivity index (χ0v) is 8.48. The summed E-state index contributed by atoms with van der Waals surface area (Å²) in [5, 5.41) is 3.24. The highest BCUT2D eigenvalue weighted by Crippen LogP contribution is 2.19. The van der Waals surface area contributed by atoms with Crippen LogP contribution in [-0.2, 0) is 0 Å². The van der Waals surface area contributed by atoms with Crippen LogP contribution in [0.15, 0.2) is 18.2 Å². The number of halogens is 1. The van der Waals surface area contributed by atoms with E-state index in [1.54, 1.807) is 6.07 Å².